The second-order valence-electron chi connectivity index (χ2n) is 7.13. The summed E-state index contributed by atoms with van der Waals surface area (Å²) in [7, 11) is 0. The van der Waals surface area contributed by atoms with Crippen LogP contribution in [0.25, 0.3) is 0 Å². The van der Waals surface area contributed by atoms with Crippen LogP contribution in [-0.4, -0.2) is 37.1 Å². The summed E-state index contributed by atoms with van der Waals surface area (Å²) in [5.41, 5.74) is 0.362. The lowest BCUT2D eigenvalue weighted by molar-refractivity contribution is 0.0962. The van der Waals surface area contributed by atoms with Crippen LogP contribution < -0.4 is 5.32 Å². The molecule has 1 unspecified atom stereocenters. The van der Waals surface area contributed by atoms with E-state index in [0.29, 0.717) is 11.5 Å². The number of hydrogen-bond donors (Lipinski definition) is 1. The molecular weight excluding hydrogens is 220 g/mol. The average Bonchev–Trinajstić information content (AvgIpc) is 2.29. The summed E-state index contributed by atoms with van der Waals surface area (Å²) in [6, 6.07) is 0.588. The molecule has 1 saturated heterocycles. The Morgan fingerprint density at radius 1 is 1.17 bits per heavy atom. The monoisotopic (exact) mass is 254 g/mol. The number of likely N-dealkylation sites (tertiary alicyclic amines) is 1. The molecule has 1 aliphatic rings. The summed E-state index contributed by atoms with van der Waals surface area (Å²) in [5.74, 6) is 1.82. The zero-order valence-corrected chi connectivity index (χ0v) is 13.4. The van der Waals surface area contributed by atoms with E-state index in [9.17, 15) is 0 Å². The van der Waals surface area contributed by atoms with Gasteiger partial charge in [0.15, 0.2) is 0 Å². The van der Waals surface area contributed by atoms with Crippen molar-refractivity contribution in [3.63, 3.8) is 0 Å². The van der Waals surface area contributed by atoms with Crippen molar-refractivity contribution in [2.75, 3.05) is 26.2 Å². The largest absolute Gasteiger partial charge is 0.314 e. The predicted molar refractivity (Wildman–Crippen MR) is 80.9 cm³/mol. The van der Waals surface area contributed by atoms with Crippen LogP contribution in [0.5, 0.6) is 0 Å². The lowest BCUT2D eigenvalue weighted by atomic mass is 9.82. The minimum atomic E-state index is 0.362. The lowest BCUT2D eigenvalue weighted by Gasteiger charge is -2.41. The average molecular weight is 254 g/mol. The van der Waals surface area contributed by atoms with Gasteiger partial charge in [0.2, 0.25) is 0 Å². The minimum absolute atomic E-state index is 0.362. The molecule has 0 spiro atoms. The van der Waals surface area contributed by atoms with Crippen molar-refractivity contribution in [2.45, 2.75) is 60.4 Å². The molecule has 2 heteroatoms. The molecule has 0 saturated carbocycles. The van der Waals surface area contributed by atoms with Gasteiger partial charge in [-0.15, -0.1) is 0 Å². The molecule has 1 heterocycles. The van der Waals surface area contributed by atoms with E-state index in [1.165, 1.54) is 32.5 Å². The molecule has 18 heavy (non-hydrogen) atoms. The number of hydrogen-bond acceptors (Lipinski definition) is 2. The van der Waals surface area contributed by atoms with Gasteiger partial charge in [-0.1, -0.05) is 34.6 Å². The molecule has 1 N–H and O–H groups in total. The van der Waals surface area contributed by atoms with E-state index in [1.54, 1.807) is 0 Å². The van der Waals surface area contributed by atoms with Crippen LogP contribution in [0, 0.1) is 17.3 Å². The highest BCUT2D eigenvalue weighted by Gasteiger charge is 2.30. The van der Waals surface area contributed by atoms with Crippen LogP contribution in [0.15, 0.2) is 0 Å². The Morgan fingerprint density at radius 3 is 2.17 bits per heavy atom. The zero-order valence-electron chi connectivity index (χ0n) is 13.4. The van der Waals surface area contributed by atoms with Gasteiger partial charge in [0.1, 0.15) is 0 Å². The first-order chi connectivity index (χ1) is 8.36. The molecule has 1 aliphatic heterocycles. The summed E-state index contributed by atoms with van der Waals surface area (Å²) in [6.45, 7) is 19.0. The Hall–Kier alpha value is -0.0800. The molecule has 108 valence electrons. The van der Waals surface area contributed by atoms with Crippen molar-refractivity contribution in [3.8, 4) is 0 Å². The SMILES string of the molecule is CCNC(C)C(C)(C)CN1CCC(C(C)C)CC1. The Bertz CT molecular complexity index is 227. The van der Waals surface area contributed by atoms with Crippen LogP contribution in [0.3, 0.4) is 0 Å². The standard InChI is InChI=1S/C16H34N2/c1-7-17-14(4)16(5,6)12-18-10-8-15(9-11-18)13(2)3/h13-15,17H,7-12H2,1-6H3. The molecule has 0 aromatic rings. The summed E-state index contributed by atoms with van der Waals surface area (Å²) < 4.78 is 0. The van der Waals surface area contributed by atoms with Crippen molar-refractivity contribution in [3.05, 3.63) is 0 Å². The first-order valence-corrected chi connectivity index (χ1v) is 7.82. The molecule has 2 nitrogen and oxygen atoms in total. The maximum Gasteiger partial charge on any atom is 0.0102 e. The zero-order chi connectivity index (χ0) is 13.8. The molecule has 0 amide bonds. The van der Waals surface area contributed by atoms with Crippen molar-refractivity contribution in [1.82, 2.24) is 10.2 Å². The summed E-state index contributed by atoms with van der Waals surface area (Å²) in [5, 5.41) is 3.58. The van der Waals surface area contributed by atoms with Gasteiger partial charge in [-0.25, -0.2) is 0 Å². The second-order valence-corrected chi connectivity index (χ2v) is 7.13. The van der Waals surface area contributed by atoms with E-state index in [0.717, 1.165) is 18.4 Å². The highest BCUT2D eigenvalue weighted by atomic mass is 15.1. The number of rotatable bonds is 6. The molecule has 0 aliphatic carbocycles. The van der Waals surface area contributed by atoms with Crippen molar-refractivity contribution in [2.24, 2.45) is 17.3 Å². The van der Waals surface area contributed by atoms with E-state index in [2.05, 4.69) is 51.8 Å². The summed E-state index contributed by atoms with van der Waals surface area (Å²) >= 11 is 0. The van der Waals surface area contributed by atoms with Gasteiger partial charge in [0.25, 0.3) is 0 Å². The minimum Gasteiger partial charge on any atom is -0.314 e. The molecule has 0 aromatic carbocycles. The molecule has 0 bridgehead atoms. The summed E-state index contributed by atoms with van der Waals surface area (Å²) in [6.07, 6.45) is 2.78. The molecule has 0 radical (unpaired) electrons. The van der Waals surface area contributed by atoms with Gasteiger partial charge in [-0.2, -0.15) is 0 Å². The van der Waals surface area contributed by atoms with Gasteiger partial charge in [-0.3, -0.25) is 0 Å². The van der Waals surface area contributed by atoms with Crippen molar-refractivity contribution >= 4 is 0 Å². The predicted octanol–water partition coefficient (Wildman–Crippen LogP) is 3.38. The van der Waals surface area contributed by atoms with Gasteiger partial charge in [0.05, 0.1) is 0 Å². The highest BCUT2D eigenvalue weighted by molar-refractivity contribution is 4.85. The topological polar surface area (TPSA) is 15.3 Å². The van der Waals surface area contributed by atoms with E-state index in [1.807, 2.05) is 0 Å². The number of piperidine rings is 1. The van der Waals surface area contributed by atoms with E-state index >= 15 is 0 Å². The normalized spacial score (nSPS) is 21.5. The summed E-state index contributed by atoms with van der Waals surface area (Å²) in [4.78, 5) is 2.67. The third-order valence-corrected chi connectivity index (χ3v) is 4.89. The van der Waals surface area contributed by atoms with Gasteiger partial charge in [0, 0.05) is 12.6 Å². The Kier molecular flexibility index (Phi) is 6.13. The van der Waals surface area contributed by atoms with Crippen LogP contribution in [0.4, 0.5) is 0 Å². The van der Waals surface area contributed by atoms with Crippen LogP contribution in [0.2, 0.25) is 0 Å². The molecule has 1 atom stereocenters. The van der Waals surface area contributed by atoms with Gasteiger partial charge < -0.3 is 10.2 Å². The first-order valence-electron chi connectivity index (χ1n) is 7.82. The quantitative estimate of drug-likeness (QED) is 0.782. The smallest absolute Gasteiger partial charge is 0.0102 e. The lowest BCUT2D eigenvalue weighted by Crippen LogP contribution is -2.48. The molecule has 1 fully saturated rings. The fraction of sp³-hybridized carbons (Fsp3) is 1.00. The fourth-order valence-electron chi connectivity index (χ4n) is 3.07. The highest BCUT2D eigenvalue weighted by Crippen LogP contribution is 2.28. The van der Waals surface area contributed by atoms with Crippen molar-refractivity contribution < 1.29 is 0 Å². The van der Waals surface area contributed by atoms with Crippen LogP contribution >= 0.6 is 0 Å². The van der Waals surface area contributed by atoms with Crippen LogP contribution in [-0.2, 0) is 0 Å². The van der Waals surface area contributed by atoms with Gasteiger partial charge >= 0.3 is 0 Å². The maximum absolute atomic E-state index is 3.58. The van der Waals surface area contributed by atoms with E-state index in [4.69, 9.17) is 0 Å². The Labute approximate surface area is 115 Å². The Morgan fingerprint density at radius 2 is 1.72 bits per heavy atom. The van der Waals surface area contributed by atoms with Gasteiger partial charge in [-0.05, 0) is 56.7 Å². The molecule has 0 aromatic heterocycles. The first kappa shape index (κ1) is 16.0. The van der Waals surface area contributed by atoms with Crippen LogP contribution in [0.1, 0.15) is 54.4 Å². The third kappa shape index (κ3) is 4.55. The molecular formula is C16H34N2. The second kappa shape index (κ2) is 6.91. The number of nitrogens with zero attached hydrogens (tertiary/aromatic N) is 1. The maximum atomic E-state index is 3.58. The van der Waals surface area contributed by atoms with E-state index < -0.39 is 0 Å². The van der Waals surface area contributed by atoms with E-state index in [-0.39, 0.29) is 0 Å². The fourth-order valence-corrected chi connectivity index (χ4v) is 3.07. The Balaban J connectivity index is 2.40. The third-order valence-electron chi connectivity index (χ3n) is 4.89. The van der Waals surface area contributed by atoms with Crippen molar-refractivity contribution in [1.29, 1.82) is 0 Å². The number of nitrogens with one attached hydrogen (secondary N) is 1. The molecule has 1 rings (SSSR count).